The van der Waals surface area contributed by atoms with E-state index in [4.69, 9.17) is 9.72 Å². The highest BCUT2D eigenvalue weighted by Crippen LogP contribution is 2.45. The highest BCUT2D eigenvalue weighted by molar-refractivity contribution is 5.89. The molecule has 3 aliphatic rings. The number of hydrogen-bond acceptors (Lipinski definition) is 3. The van der Waals surface area contributed by atoms with Gasteiger partial charge in [0.05, 0.1) is 5.41 Å². The second-order valence-electron chi connectivity index (χ2n) is 10.1. The molecule has 3 aliphatic heterocycles. The molecule has 6 rings (SSSR count). The maximum absolute atomic E-state index is 14.2. The summed E-state index contributed by atoms with van der Waals surface area (Å²) < 4.78 is 19.8. The summed E-state index contributed by atoms with van der Waals surface area (Å²) >= 11 is 0. The molecule has 5 nitrogen and oxygen atoms in total. The number of aromatic nitrogens is 2. The van der Waals surface area contributed by atoms with E-state index in [1.165, 1.54) is 6.07 Å². The van der Waals surface area contributed by atoms with E-state index in [-0.39, 0.29) is 23.8 Å². The maximum Gasteiger partial charge on any atom is 0.233 e. The van der Waals surface area contributed by atoms with Crippen molar-refractivity contribution < 1.29 is 13.9 Å². The molecular formula is C27H30FN3O2. The molecule has 2 atom stereocenters. The first-order valence-corrected chi connectivity index (χ1v) is 12.2. The third kappa shape index (κ3) is 3.65. The highest BCUT2D eigenvalue weighted by atomic mass is 19.1. The van der Waals surface area contributed by atoms with Gasteiger partial charge in [0.15, 0.2) is 0 Å². The third-order valence-corrected chi connectivity index (χ3v) is 8.16. The fourth-order valence-corrected chi connectivity index (χ4v) is 6.55. The monoisotopic (exact) mass is 447 g/mol. The van der Waals surface area contributed by atoms with Gasteiger partial charge < -0.3 is 14.6 Å². The number of halogens is 1. The molecule has 33 heavy (non-hydrogen) atoms. The van der Waals surface area contributed by atoms with Gasteiger partial charge in [0.25, 0.3) is 0 Å². The summed E-state index contributed by atoms with van der Waals surface area (Å²) in [7, 11) is 0. The number of amides is 1. The van der Waals surface area contributed by atoms with Crippen LogP contribution in [0.5, 0.6) is 0 Å². The van der Waals surface area contributed by atoms with Crippen LogP contribution in [0.15, 0.2) is 48.7 Å². The standard InChI is InChI=1S/C27H30FN3O2/c28-21-3-1-2-20(17-21)27(9-12-33-13-10-27)26(32)31-23-6-7-24(31)16-18(15-23)14-22-5-4-19-8-11-29-25(19)30-22/h1-5,8,11,17-18,23-24H,6-7,9-10,12-16H2,(H,29,30)/t23-,24-/m0/s1. The topological polar surface area (TPSA) is 58.2 Å². The Hall–Kier alpha value is -2.73. The van der Waals surface area contributed by atoms with E-state index in [0.717, 1.165) is 54.4 Å². The van der Waals surface area contributed by atoms with Gasteiger partial charge in [-0.3, -0.25) is 4.79 Å². The summed E-state index contributed by atoms with van der Waals surface area (Å²) in [6.45, 7) is 1.09. The summed E-state index contributed by atoms with van der Waals surface area (Å²) in [6, 6.07) is 13.5. The van der Waals surface area contributed by atoms with Gasteiger partial charge in [0, 0.05) is 42.6 Å². The van der Waals surface area contributed by atoms with Gasteiger partial charge in [-0.25, -0.2) is 9.37 Å². The van der Waals surface area contributed by atoms with Crippen molar-refractivity contribution in [2.24, 2.45) is 5.92 Å². The Labute approximate surface area is 193 Å². The molecule has 0 saturated carbocycles. The van der Waals surface area contributed by atoms with E-state index in [2.05, 4.69) is 22.0 Å². The minimum absolute atomic E-state index is 0.188. The van der Waals surface area contributed by atoms with Crippen molar-refractivity contribution in [3.63, 3.8) is 0 Å². The number of aromatic amines is 1. The lowest BCUT2D eigenvalue weighted by molar-refractivity contribution is -0.146. The van der Waals surface area contributed by atoms with Crippen LogP contribution >= 0.6 is 0 Å². The molecule has 0 spiro atoms. The Kier molecular flexibility index (Phi) is 5.21. The van der Waals surface area contributed by atoms with Crippen LogP contribution in [0.25, 0.3) is 11.0 Å². The number of piperidine rings is 1. The summed E-state index contributed by atoms with van der Waals surface area (Å²) in [5.41, 5.74) is 2.20. The lowest BCUT2D eigenvalue weighted by atomic mass is 9.72. The van der Waals surface area contributed by atoms with Gasteiger partial charge >= 0.3 is 0 Å². The normalized spacial score (nSPS) is 26.6. The van der Waals surface area contributed by atoms with Crippen LogP contribution in [-0.4, -0.2) is 46.1 Å². The number of benzene rings is 1. The van der Waals surface area contributed by atoms with E-state index in [1.807, 2.05) is 18.3 Å². The van der Waals surface area contributed by atoms with Gasteiger partial charge in [0.2, 0.25) is 5.91 Å². The number of carbonyl (C=O) groups excluding carboxylic acids is 1. The number of carbonyl (C=O) groups is 1. The Morgan fingerprint density at radius 3 is 2.67 bits per heavy atom. The number of nitrogens with zero attached hydrogens (tertiary/aromatic N) is 2. The average Bonchev–Trinajstić information content (AvgIpc) is 3.40. The predicted molar refractivity (Wildman–Crippen MR) is 124 cm³/mol. The second-order valence-corrected chi connectivity index (χ2v) is 10.1. The van der Waals surface area contributed by atoms with Crippen molar-refractivity contribution in [1.29, 1.82) is 0 Å². The maximum atomic E-state index is 14.2. The third-order valence-electron chi connectivity index (χ3n) is 8.16. The zero-order chi connectivity index (χ0) is 22.4. The van der Waals surface area contributed by atoms with Crippen molar-refractivity contribution in [3.05, 3.63) is 65.7 Å². The highest BCUT2D eigenvalue weighted by Gasteiger charge is 2.51. The fraction of sp³-hybridized carbons (Fsp3) is 0.481. The van der Waals surface area contributed by atoms with Crippen LogP contribution in [0.3, 0.4) is 0 Å². The van der Waals surface area contributed by atoms with Crippen LogP contribution in [0.2, 0.25) is 0 Å². The summed E-state index contributed by atoms with van der Waals surface area (Å²) in [5.74, 6) is 0.443. The smallest absolute Gasteiger partial charge is 0.233 e. The number of rotatable bonds is 4. The lowest BCUT2D eigenvalue weighted by Gasteiger charge is -2.46. The van der Waals surface area contributed by atoms with E-state index in [9.17, 15) is 9.18 Å². The van der Waals surface area contributed by atoms with Crippen LogP contribution in [-0.2, 0) is 21.4 Å². The van der Waals surface area contributed by atoms with Crippen molar-refractivity contribution in [1.82, 2.24) is 14.9 Å². The van der Waals surface area contributed by atoms with E-state index >= 15 is 0 Å². The molecule has 1 aromatic carbocycles. The number of ether oxygens (including phenoxy) is 1. The number of nitrogens with one attached hydrogen (secondary N) is 1. The minimum Gasteiger partial charge on any atom is -0.381 e. The Bertz CT molecular complexity index is 1150. The first-order valence-electron chi connectivity index (χ1n) is 12.2. The van der Waals surface area contributed by atoms with Gasteiger partial charge in [-0.15, -0.1) is 0 Å². The molecular weight excluding hydrogens is 417 g/mol. The Morgan fingerprint density at radius 2 is 1.91 bits per heavy atom. The van der Waals surface area contributed by atoms with Crippen LogP contribution < -0.4 is 0 Å². The number of H-pyrrole nitrogens is 1. The van der Waals surface area contributed by atoms with Crippen molar-refractivity contribution in [3.8, 4) is 0 Å². The Morgan fingerprint density at radius 1 is 1.12 bits per heavy atom. The van der Waals surface area contributed by atoms with E-state index < -0.39 is 5.41 Å². The summed E-state index contributed by atoms with van der Waals surface area (Å²) in [6.07, 6.45) is 8.27. The van der Waals surface area contributed by atoms with Gasteiger partial charge in [0.1, 0.15) is 11.5 Å². The first kappa shape index (κ1) is 20.8. The summed E-state index contributed by atoms with van der Waals surface area (Å²) in [5, 5.41) is 1.14. The minimum atomic E-state index is -0.672. The van der Waals surface area contributed by atoms with E-state index in [1.54, 1.807) is 12.1 Å². The molecule has 0 radical (unpaired) electrons. The van der Waals surface area contributed by atoms with Gasteiger partial charge in [-0.2, -0.15) is 0 Å². The summed E-state index contributed by atoms with van der Waals surface area (Å²) in [4.78, 5) is 24.4. The van der Waals surface area contributed by atoms with Gasteiger partial charge in [-0.1, -0.05) is 12.1 Å². The van der Waals surface area contributed by atoms with Gasteiger partial charge in [-0.05, 0) is 86.8 Å². The average molecular weight is 448 g/mol. The molecule has 3 saturated heterocycles. The Balaban J connectivity index is 1.23. The molecule has 1 amide bonds. The number of fused-ring (bicyclic) bond motifs is 3. The molecule has 6 heteroatoms. The molecule has 0 unspecified atom stereocenters. The van der Waals surface area contributed by atoms with Crippen LogP contribution in [0.1, 0.15) is 49.8 Å². The fourth-order valence-electron chi connectivity index (χ4n) is 6.55. The largest absolute Gasteiger partial charge is 0.381 e. The molecule has 3 aromatic rings. The zero-order valence-corrected chi connectivity index (χ0v) is 18.8. The van der Waals surface area contributed by atoms with Crippen LogP contribution in [0.4, 0.5) is 4.39 Å². The molecule has 1 N–H and O–H groups in total. The first-order chi connectivity index (χ1) is 16.1. The molecule has 0 aliphatic carbocycles. The number of pyridine rings is 1. The SMILES string of the molecule is O=C(N1[C@H]2CC[C@H]1CC(Cc1ccc3cc[nH]c3n1)C2)C1(c2cccc(F)c2)CCOCC1. The quantitative estimate of drug-likeness (QED) is 0.627. The molecule has 3 fully saturated rings. The van der Waals surface area contributed by atoms with Crippen LogP contribution in [0, 0.1) is 11.7 Å². The lowest BCUT2D eigenvalue weighted by Crippen LogP contribution is -2.56. The molecule has 5 heterocycles. The number of hydrogen-bond donors (Lipinski definition) is 1. The van der Waals surface area contributed by atoms with Crippen molar-refractivity contribution in [2.75, 3.05) is 13.2 Å². The van der Waals surface area contributed by atoms with Crippen molar-refractivity contribution in [2.45, 2.75) is 62.4 Å². The second kappa shape index (κ2) is 8.24. The molecule has 2 bridgehead atoms. The van der Waals surface area contributed by atoms with E-state index in [0.29, 0.717) is 32.0 Å². The predicted octanol–water partition coefficient (Wildman–Crippen LogP) is 4.76. The molecule has 172 valence electrons. The zero-order valence-electron chi connectivity index (χ0n) is 18.8. The molecule has 2 aromatic heterocycles. The van der Waals surface area contributed by atoms with Crippen molar-refractivity contribution >= 4 is 16.9 Å².